The Morgan fingerprint density at radius 3 is 2.74 bits per heavy atom. The molecule has 1 aromatic carbocycles. The van der Waals surface area contributed by atoms with E-state index in [2.05, 4.69) is 15.3 Å². The Kier molecular flexibility index (Phi) is 4.47. The first kappa shape index (κ1) is 15.4. The number of nitrogens with zero attached hydrogens (tertiary/aromatic N) is 2. The largest absolute Gasteiger partial charge is 0.467 e. The number of nitrogens with one attached hydrogen (secondary N) is 1. The lowest BCUT2D eigenvalue weighted by atomic mass is 10.1. The van der Waals surface area contributed by atoms with Crippen LogP contribution in [0.5, 0.6) is 0 Å². The van der Waals surface area contributed by atoms with Crippen molar-refractivity contribution in [3.63, 3.8) is 0 Å². The second-order valence-corrected chi connectivity index (χ2v) is 5.00. The average molecular weight is 319 g/mol. The van der Waals surface area contributed by atoms with Crippen LogP contribution in [0.4, 0.5) is 14.6 Å². The highest BCUT2D eigenvalue weighted by Gasteiger charge is 2.15. The first-order chi connectivity index (χ1) is 11.2. The second-order valence-electron chi connectivity index (χ2n) is 5.00. The maximum absolute atomic E-state index is 13.3. The highest BCUT2D eigenvalue weighted by molar-refractivity contribution is 5.75. The third-order valence-corrected chi connectivity index (χ3v) is 3.40. The monoisotopic (exact) mass is 319 g/mol. The number of anilines is 1. The van der Waals surface area contributed by atoms with Gasteiger partial charge in [-0.15, -0.1) is 0 Å². The van der Waals surface area contributed by atoms with Crippen molar-refractivity contribution in [2.24, 2.45) is 0 Å². The molecular formula is C16H15F2N3O2. The van der Waals surface area contributed by atoms with Gasteiger partial charge in [0.05, 0.1) is 29.5 Å². The zero-order valence-corrected chi connectivity index (χ0v) is 12.4. The van der Waals surface area contributed by atoms with Crippen molar-refractivity contribution >= 4 is 16.9 Å². The second kappa shape index (κ2) is 6.70. The molecular weight excluding hydrogens is 304 g/mol. The number of rotatable bonds is 6. The number of aromatic nitrogens is 2. The lowest BCUT2D eigenvalue weighted by Gasteiger charge is -2.17. The molecule has 0 fully saturated rings. The van der Waals surface area contributed by atoms with Crippen LogP contribution < -0.4 is 5.32 Å². The molecule has 0 saturated carbocycles. The molecule has 3 rings (SSSR count). The minimum atomic E-state index is -0.953. The fourth-order valence-corrected chi connectivity index (χ4v) is 2.27. The van der Waals surface area contributed by atoms with Crippen molar-refractivity contribution in [2.75, 3.05) is 19.0 Å². The van der Waals surface area contributed by atoms with E-state index in [9.17, 15) is 8.78 Å². The molecule has 0 spiro atoms. The number of halogens is 2. The van der Waals surface area contributed by atoms with Gasteiger partial charge in [0.2, 0.25) is 0 Å². The van der Waals surface area contributed by atoms with Crippen LogP contribution in [0.2, 0.25) is 0 Å². The molecule has 23 heavy (non-hydrogen) atoms. The highest BCUT2D eigenvalue weighted by Crippen LogP contribution is 2.23. The molecule has 0 saturated heterocycles. The normalized spacial score (nSPS) is 12.5. The van der Waals surface area contributed by atoms with Crippen LogP contribution in [0.15, 0.2) is 41.1 Å². The standard InChI is InChI=1S/C16H15F2N3O2/c1-22-6-4-12(15-3-2-5-23-15)20-16-9-19-13-7-10(17)11(18)8-14(13)21-16/h2-3,5,7-9,12H,4,6H2,1H3,(H,20,21). The summed E-state index contributed by atoms with van der Waals surface area (Å²) in [5, 5.41) is 3.18. The Labute approximate surface area is 131 Å². The Morgan fingerprint density at radius 1 is 1.26 bits per heavy atom. The van der Waals surface area contributed by atoms with E-state index in [0.717, 1.165) is 17.9 Å². The van der Waals surface area contributed by atoms with Gasteiger partial charge >= 0.3 is 0 Å². The van der Waals surface area contributed by atoms with Crippen molar-refractivity contribution in [1.82, 2.24) is 9.97 Å². The van der Waals surface area contributed by atoms with Crippen LogP contribution in [0.25, 0.3) is 11.0 Å². The number of ether oxygens (including phenoxy) is 1. The van der Waals surface area contributed by atoms with E-state index < -0.39 is 11.6 Å². The molecule has 0 aliphatic carbocycles. The van der Waals surface area contributed by atoms with E-state index in [1.807, 2.05) is 6.07 Å². The van der Waals surface area contributed by atoms with E-state index >= 15 is 0 Å². The summed E-state index contributed by atoms with van der Waals surface area (Å²) in [6.07, 6.45) is 3.71. The summed E-state index contributed by atoms with van der Waals surface area (Å²) in [6, 6.07) is 5.52. The number of methoxy groups -OCH3 is 1. The summed E-state index contributed by atoms with van der Waals surface area (Å²) < 4.78 is 37.0. The van der Waals surface area contributed by atoms with Crippen molar-refractivity contribution in [3.05, 3.63) is 54.1 Å². The molecule has 1 atom stereocenters. The van der Waals surface area contributed by atoms with Crippen molar-refractivity contribution in [3.8, 4) is 0 Å². The molecule has 0 amide bonds. The molecule has 2 heterocycles. The SMILES string of the molecule is COCCC(Nc1cnc2cc(F)c(F)cc2n1)c1ccco1. The zero-order chi connectivity index (χ0) is 16.2. The summed E-state index contributed by atoms with van der Waals surface area (Å²) in [4.78, 5) is 8.38. The first-order valence-electron chi connectivity index (χ1n) is 7.08. The molecule has 0 aliphatic heterocycles. The smallest absolute Gasteiger partial charge is 0.161 e. The first-order valence-corrected chi connectivity index (χ1v) is 7.08. The fraction of sp³-hybridized carbons (Fsp3) is 0.250. The number of furan rings is 1. The summed E-state index contributed by atoms with van der Waals surface area (Å²) >= 11 is 0. The van der Waals surface area contributed by atoms with Crippen LogP contribution in [0.3, 0.4) is 0 Å². The molecule has 7 heteroatoms. The molecule has 3 aromatic rings. The molecule has 0 radical (unpaired) electrons. The average Bonchev–Trinajstić information content (AvgIpc) is 3.07. The van der Waals surface area contributed by atoms with E-state index in [-0.39, 0.29) is 11.6 Å². The summed E-state index contributed by atoms with van der Waals surface area (Å²) in [6.45, 7) is 0.527. The predicted octanol–water partition coefficient (Wildman–Crippen LogP) is 3.69. The molecule has 1 N–H and O–H groups in total. The van der Waals surface area contributed by atoms with E-state index in [4.69, 9.17) is 9.15 Å². The molecule has 120 valence electrons. The maximum Gasteiger partial charge on any atom is 0.161 e. The Hall–Kier alpha value is -2.54. The van der Waals surface area contributed by atoms with Crippen LogP contribution in [-0.4, -0.2) is 23.7 Å². The zero-order valence-electron chi connectivity index (χ0n) is 12.4. The Balaban J connectivity index is 1.87. The van der Waals surface area contributed by atoms with Crippen LogP contribution >= 0.6 is 0 Å². The third-order valence-electron chi connectivity index (χ3n) is 3.40. The topological polar surface area (TPSA) is 60.2 Å². The van der Waals surface area contributed by atoms with Gasteiger partial charge in [-0.05, 0) is 18.6 Å². The van der Waals surface area contributed by atoms with Gasteiger partial charge in [-0.25, -0.2) is 13.8 Å². The molecule has 0 bridgehead atoms. The Morgan fingerprint density at radius 2 is 2.04 bits per heavy atom. The van der Waals surface area contributed by atoms with Gasteiger partial charge < -0.3 is 14.5 Å². The van der Waals surface area contributed by atoms with Gasteiger partial charge in [-0.2, -0.15) is 0 Å². The van der Waals surface area contributed by atoms with Gasteiger partial charge in [-0.3, -0.25) is 4.98 Å². The van der Waals surface area contributed by atoms with Crippen molar-refractivity contribution < 1.29 is 17.9 Å². The molecule has 5 nitrogen and oxygen atoms in total. The highest BCUT2D eigenvalue weighted by atomic mass is 19.2. The quantitative estimate of drug-likeness (QED) is 0.751. The third kappa shape index (κ3) is 3.45. The number of fused-ring (bicyclic) bond motifs is 1. The van der Waals surface area contributed by atoms with Crippen molar-refractivity contribution in [1.29, 1.82) is 0 Å². The molecule has 2 aromatic heterocycles. The van der Waals surface area contributed by atoms with Crippen LogP contribution in [0, 0.1) is 11.6 Å². The molecule has 1 unspecified atom stereocenters. The van der Waals surface area contributed by atoms with Gasteiger partial charge in [0.1, 0.15) is 11.6 Å². The maximum atomic E-state index is 13.3. The van der Waals surface area contributed by atoms with Gasteiger partial charge in [-0.1, -0.05) is 0 Å². The number of hydrogen-bond acceptors (Lipinski definition) is 5. The van der Waals surface area contributed by atoms with Crippen molar-refractivity contribution in [2.45, 2.75) is 12.5 Å². The lowest BCUT2D eigenvalue weighted by Crippen LogP contribution is -2.13. The number of hydrogen-bond donors (Lipinski definition) is 1. The van der Waals surface area contributed by atoms with E-state index in [1.54, 1.807) is 19.4 Å². The van der Waals surface area contributed by atoms with Crippen LogP contribution in [-0.2, 0) is 4.74 Å². The summed E-state index contributed by atoms with van der Waals surface area (Å²) in [7, 11) is 1.62. The minimum absolute atomic E-state index is 0.165. The van der Waals surface area contributed by atoms with Gasteiger partial charge in [0.15, 0.2) is 11.6 Å². The van der Waals surface area contributed by atoms with E-state index in [1.165, 1.54) is 6.20 Å². The van der Waals surface area contributed by atoms with E-state index in [0.29, 0.717) is 24.4 Å². The Bertz CT molecular complexity index is 793. The lowest BCUT2D eigenvalue weighted by molar-refractivity contribution is 0.187. The fourth-order valence-electron chi connectivity index (χ4n) is 2.27. The van der Waals surface area contributed by atoms with Crippen LogP contribution in [0.1, 0.15) is 18.2 Å². The predicted molar refractivity (Wildman–Crippen MR) is 81.0 cm³/mol. The summed E-state index contributed by atoms with van der Waals surface area (Å²) in [5.74, 6) is -0.720. The molecule has 0 aliphatic rings. The minimum Gasteiger partial charge on any atom is -0.467 e. The van der Waals surface area contributed by atoms with Gasteiger partial charge in [0, 0.05) is 25.8 Å². The summed E-state index contributed by atoms with van der Waals surface area (Å²) in [5.41, 5.74) is 0.569. The van der Waals surface area contributed by atoms with Gasteiger partial charge in [0.25, 0.3) is 0 Å². The number of benzene rings is 1.